The van der Waals surface area contributed by atoms with Crippen molar-refractivity contribution in [2.75, 3.05) is 5.32 Å². The second-order valence-electron chi connectivity index (χ2n) is 6.42. The van der Waals surface area contributed by atoms with Gasteiger partial charge < -0.3 is 10.4 Å². The molecule has 134 valence electrons. The predicted molar refractivity (Wildman–Crippen MR) is 110 cm³/mol. The highest BCUT2D eigenvalue weighted by Gasteiger charge is 2.18. The Morgan fingerprint density at radius 2 is 1.42 bits per heavy atom. The van der Waals surface area contributed by atoms with Crippen molar-refractivity contribution in [2.45, 2.75) is 25.5 Å². The molecule has 2 nitrogen and oxygen atoms in total. The van der Waals surface area contributed by atoms with Gasteiger partial charge in [-0.15, -0.1) is 0 Å². The van der Waals surface area contributed by atoms with E-state index in [0.29, 0.717) is 16.5 Å². The van der Waals surface area contributed by atoms with E-state index in [0.717, 1.165) is 16.8 Å². The number of hydrogen-bond acceptors (Lipinski definition) is 2. The lowest BCUT2D eigenvalue weighted by atomic mass is 9.96. The summed E-state index contributed by atoms with van der Waals surface area (Å²) in [7, 11) is 0. The van der Waals surface area contributed by atoms with Crippen molar-refractivity contribution in [3.63, 3.8) is 0 Å². The van der Waals surface area contributed by atoms with Gasteiger partial charge in [-0.05, 0) is 60.0 Å². The van der Waals surface area contributed by atoms with E-state index in [4.69, 9.17) is 23.2 Å². The minimum Gasteiger partial charge on any atom is -0.388 e. The maximum absolute atomic E-state index is 10.7. The van der Waals surface area contributed by atoms with Crippen LogP contribution in [-0.2, 0) is 0 Å². The monoisotopic (exact) mass is 385 g/mol. The van der Waals surface area contributed by atoms with Crippen LogP contribution in [0.2, 0.25) is 10.0 Å². The summed E-state index contributed by atoms with van der Waals surface area (Å²) in [5.74, 6) is 0. The van der Waals surface area contributed by atoms with Crippen LogP contribution < -0.4 is 5.32 Å². The van der Waals surface area contributed by atoms with E-state index in [1.807, 2.05) is 48.5 Å². The highest BCUT2D eigenvalue weighted by Crippen LogP contribution is 2.31. The average molecular weight is 386 g/mol. The van der Waals surface area contributed by atoms with Gasteiger partial charge in [-0.2, -0.15) is 0 Å². The maximum atomic E-state index is 10.7. The second kappa shape index (κ2) is 8.59. The molecule has 0 aliphatic rings. The van der Waals surface area contributed by atoms with Gasteiger partial charge in [0.25, 0.3) is 0 Å². The SMILES string of the molecule is Cc1cccc(NC(CC(O)c2ccc(Cl)cc2)c2ccc(Cl)cc2)c1. The number of halogens is 2. The summed E-state index contributed by atoms with van der Waals surface area (Å²) < 4.78 is 0. The molecule has 0 saturated heterocycles. The van der Waals surface area contributed by atoms with Gasteiger partial charge in [-0.1, -0.05) is 59.6 Å². The van der Waals surface area contributed by atoms with Crippen LogP contribution >= 0.6 is 23.2 Å². The van der Waals surface area contributed by atoms with E-state index < -0.39 is 6.10 Å². The first-order valence-corrected chi connectivity index (χ1v) is 9.29. The Balaban J connectivity index is 1.84. The van der Waals surface area contributed by atoms with E-state index >= 15 is 0 Å². The van der Waals surface area contributed by atoms with Crippen LogP contribution in [0.25, 0.3) is 0 Å². The number of rotatable bonds is 6. The fourth-order valence-electron chi connectivity index (χ4n) is 2.95. The summed E-state index contributed by atoms with van der Waals surface area (Å²) in [4.78, 5) is 0. The van der Waals surface area contributed by atoms with Crippen molar-refractivity contribution in [1.82, 2.24) is 0 Å². The summed E-state index contributed by atoms with van der Waals surface area (Å²) in [6.45, 7) is 2.06. The standard InChI is InChI=1S/C22H21Cl2NO/c1-15-3-2-4-20(13-15)25-21(16-5-9-18(23)10-6-16)14-22(26)17-7-11-19(24)12-8-17/h2-13,21-22,25-26H,14H2,1H3. The van der Waals surface area contributed by atoms with Crippen LogP contribution in [0, 0.1) is 6.92 Å². The molecule has 2 atom stereocenters. The van der Waals surface area contributed by atoms with E-state index in [1.54, 1.807) is 12.1 Å². The van der Waals surface area contributed by atoms with Crippen molar-refractivity contribution < 1.29 is 5.11 Å². The molecule has 0 saturated carbocycles. The third kappa shape index (κ3) is 5.01. The summed E-state index contributed by atoms with van der Waals surface area (Å²) in [6.07, 6.45) is -0.0812. The number of anilines is 1. The van der Waals surface area contributed by atoms with Gasteiger partial charge >= 0.3 is 0 Å². The maximum Gasteiger partial charge on any atom is 0.0813 e. The molecule has 3 aromatic rings. The van der Waals surface area contributed by atoms with Gasteiger partial charge in [0.15, 0.2) is 0 Å². The van der Waals surface area contributed by atoms with Crippen molar-refractivity contribution in [3.8, 4) is 0 Å². The van der Waals surface area contributed by atoms with E-state index in [9.17, 15) is 5.11 Å². The molecule has 0 aliphatic carbocycles. The zero-order valence-corrected chi connectivity index (χ0v) is 16.0. The molecule has 2 N–H and O–H groups in total. The number of aryl methyl sites for hydroxylation is 1. The van der Waals surface area contributed by atoms with E-state index in [1.165, 1.54) is 5.56 Å². The molecule has 3 rings (SSSR count). The largest absolute Gasteiger partial charge is 0.388 e. The van der Waals surface area contributed by atoms with Crippen LogP contribution in [0.15, 0.2) is 72.8 Å². The molecular formula is C22H21Cl2NO. The second-order valence-corrected chi connectivity index (χ2v) is 7.29. The van der Waals surface area contributed by atoms with Crippen molar-refractivity contribution >= 4 is 28.9 Å². The lowest BCUT2D eigenvalue weighted by Gasteiger charge is -2.24. The normalized spacial score (nSPS) is 13.2. The highest BCUT2D eigenvalue weighted by atomic mass is 35.5. The number of benzene rings is 3. The zero-order chi connectivity index (χ0) is 18.5. The topological polar surface area (TPSA) is 32.3 Å². The third-order valence-electron chi connectivity index (χ3n) is 4.35. The predicted octanol–water partition coefficient (Wildman–Crippen LogP) is 6.58. The summed E-state index contributed by atoms with van der Waals surface area (Å²) in [6, 6.07) is 23.2. The summed E-state index contributed by atoms with van der Waals surface area (Å²) >= 11 is 12.0. The number of aliphatic hydroxyl groups excluding tert-OH is 1. The first-order chi connectivity index (χ1) is 12.5. The molecular weight excluding hydrogens is 365 g/mol. The Morgan fingerprint density at radius 1 is 0.846 bits per heavy atom. The van der Waals surface area contributed by atoms with Crippen molar-refractivity contribution in [1.29, 1.82) is 0 Å². The number of aliphatic hydroxyl groups is 1. The van der Waals surface area contributed by atoms with E-state index in [2.05, 4.69) is 24.4 Å². The van der Waals surface area contributed by atoms with E-state index in [-0.39, 0.29) is 6.04 Å². The lowest BCUT2D eigenvalue weighted by Crippen LogP contribution is -2.15. The Bertz CT molecular complexity index is 847. The fraction of sp³-hybridized carbons (Fsp3) is 0.182. The zero-order valence-electron chi connectivity index (χ0n) is 14.5. The molecule has 0 amide bonds. The van der Waals surface area contributed by atoms with Gasteiger partial charge in [-0.3, -0.25) is 0 Å². The third-order valence-corrected chi connectivity index (χ3v) is 4.85. The molecule has 0 fully saturated rings. The molecule has 26 heavy (non-hydrogen) atoms. The minimum absolute atomic E-state index is 0.0558. The molecule has 0 radical (unpaired) electrons. The smallest absolute Gasteiger partial charge is 0.0813 e. The molecule has 3 aromatic carbocycles. The Morgan fingerprint density at radius 3 is 2.00 bits per heavy atom. The highest BCUT2D eigenvalue weighted by molar-refractivity contribution is 6.30. The molecule has 0 aliphatic heterocycles. The number of hydrogen-bond donors (Lipinski definition) is 2. The van der Waals surface area contributed by atoms with Gasteiger partial charge in [0.05, 0.1) is 12.1 Å². The molecule has 2 unspecified atom stereocenters. The van der Waals surface area contributed by atoms with Gasteiger partial charge in [-0.25, -0.2) is 0 Å². The minimum atomic E-state index is -0.606. The quantitative estimate of drug-likeness (QED) is 0.502. The fourth-order valence-corrected chi connectivity index (χ4v) is 3.21. The first-order valence-electron chi connectivity index (χ1n) is 8.53. The molecule has 0 bridgehead atoms. The first kappa shape index (κ1) is 18.8. The summed E-state index contributed by atoms with van der Waals surface area (Å²) in [5, 5.41) is 15.6. The van der Waals surface area contributed by atoms with Gasteiger partial charge in [0, 0.05) is 22.2 Å². The molecule has 4 heteroatoms. The van der Waals surface area contributed by atoms with Crippen LogP contribution in [0.3, 0.4) is 0 Å². The Labute approximate surface area is 164 Å². The van der Waals surface area contributed by atoms with Gasteiger partial charge in [0.1, 0.15) is 0 Å². The Kier molecular flexibility index (Phi) is 6.20. The van der Waals surface area contributed by atoms with Gasteiger partial charge in [0.2, 0.25) is 0 Å². The Hall–Kier alpha value is -2.00. The lowest BCUT2D eigenvalue weighted by molar-refractivity contribution is 0.160. The van der Waals surface area contributed by atoms with Crippen LogP contribution in [0.5, 0.6) is 0 Å². The van der Waals surface area contributed by atoms with Crippen molar-refractivity contribution in [3.05, 3.63) is 99.5 Å². The summed E-state index contributed by atoms with van der Waals surface area (Å²) in [5.41, 5.74) is 4.12. The van der Waals surface area contributed by atoms with Crippen LogP contribution in [0.4, 0.5) is 5.69 Å². The van der Waals surface area contributed by atoms with Crippen LogP contribution in [-0.4, -0.2) is 5.11 Å². The number of nitrogens with one attached hydrogen (secondary N) is 1. The van der Waals surface area contributed by atoms with Crippen molar-refractivity contribution in [2.24, 2.45) is 0 Å². The molecule has 0 heterocycles. The molecule has 0 aromatic heterocycles. The average Bonchev–Trinajstić information content (AvgIpc) is 2.62. The molecule has 0 spiro atoms. The van der Waals surface area contributed by atoms with Crippen LogP contribution in [0.1, 0.15) is 35.3 Å².